The van der Waals surface area contributed by atoms with E-state index in [9.17, 15) is 39.9 Å². The van der Waals surface area contributed by atoms with Gasteiger partial charge < -0.3 is 41.5 Å². The summed E-state index contributed by atoms with van der Waals surface area (Å²) in [5.41, 5.74) is -0.548. The number of amides is 1. The molecule has 204 valence electrons. The third-order valence-electron chi connectivity index (χ3n) is 7.20. The molecule has 3 aliphatic carbocycles. The Kier molecular flexibility index (Phi) is 6.88. The predicted octanol–water partition coefficient (Wildman–Crippen LogP) is -1.22. The molecular weight excluding hydrogens is 508 g/mol. The molecule has 14 nitrogen and oxygen atoms in total. The quantitative estimate of drug-likeness (QED) is 0.164. The van der Waals surface area contributed by atoms with Crippen LogP contribution in [0, 0.1) is 11.8 Å². The van der Waals surface area contributed by atoms with Crippen LogP contribution in [0.2, 0.25) is 0 Å². The number of ketones is 2. The van der Waals surface area contributed by atoms with Gasteiger partial charge in [0.2, 0.25) is 5.78 Å². The van der Waals surface area contributed by atoms with Gasteiger partial charge in [-0.15, -0.1) is 0 Å². The third-order valence-corrected chi connectivity index (χ3v) is 7.20. The molecule has 1 fully saturated rings. The summed E-state index contributed by atoms with van der Waals surface area (Å²) in [6.45, 7) is 1.40. The summed E-state index contributed by atoms with van der Waals surface area (Å²) in [4.78, 5) is 58.2. The largest absolute Gasteiger partial charge is 0.508 e. The highest BCUT2D eigenvalue weighted by molar-refractivity contribution is 6.27. The summed E-state index contributed by atoms with van der Waals surface area (Å²) in [5, 5.41) is 69.7. The van der Waals surface area contributed by atoms with Gasteiger partial charge in [-0.2, -0.15) is 0 Å². The van der Waals surface area contributed by atoms with Gasteiger partial charge in [0, 0.05) is 17.4 Å². The number of aliphatic hydroxyl groups excluding tert-OH is 2. The van der Waals surface area contributed by atoms with Crippen molar-refractivity contribution in [2.45, 2.75) is 30.6 Å². The van der Waals surface area contributed by atoms with Crippen LogP contribution in [0.3, 0.4) is 0 Å². The highest BCUT2D eigenvalue weighted by Crippen LogP contribution is 2.57. The minimum absolute atomic E-state index is 0.170. The summed E-state index contributed by atoms with van der Waals surface area (Å²) in [6, 6.07) is 3.02. The number of carbonyl (C=O) groups excluding carboxylic acids is 3. The summed E-state index contributed by atoms with van der Waals surface area (Å²) in [6.07, 6.45) is -0.200. The Balaban J connectivity index is 0.000000599. The lowest BCUT2D eigenvalue weighted by molar-refractivity contribution is -0.159. The second kappa shape index (κ2) is 9.24. The zero-order chi connectivity index (χ0) is 29.1. The van der Waals surface area contributed by atoms with Crippen LogP contribution in [0.1, 0.15) is 24.5 Å². The van der Waals surface area contributed by atoms with Crippen LogP contribution in [0.15, 0.2) is 35.1 Å². The van der Waals surface area contributed by atoms with Crippen LogP contribution in [-0.2, 0) is 29.6 Å². The van der Waals surface area contributed by atoms with Gasteiger partial charge in [0.25, 0.3) is 5.91 Å². The number of phenols is 1. The number of Topliss-reactive ketones (excluding diaryl/α,β-unsaturated/α-hetero) is 2. The van der Waals surface area contributed by atoms with Crippen molar-refractivity contribution in [3.8, 4) is 5.75 Å². The van der Waals surface area contributed by atoms with Gasteiger partial charge >= 0.3 is 11.9 Å². The Labute approximate surface area is 214 Å². The Hall–Kier alpha value is -4.27. The molecule has 3 aliphatic rings. The number of hydrogen-bond acceptors (Lipinski definition) is 11. The molecule has 1 amide bonds. The SMILES string of the molecule is CN(C)[C@@H]1C(=O)C(C(N)=O)=C(O)[C@@]2(O)C(=O)C3=C(O)c4c(O)cccc4[C@@](C)(O)[C@H]3C[C@@H]12.O=C(O)C(=O)O. The number of carbonyl (C=O) groups is 5. The average Bonchev–Trinajstić information content (AvgIpc) is 2.79. The van der Waals surface area contributed by atoms with E-state index < -0.39 is 86.9 Å². The van der Waals surface area contributed by atoms with E-state index in [1.807, 2.05) is 0 Å². The number of nitrogens with two attached hydrogens (primary N) is 1. The van der Waals surface area contributed by atoms with Gasteiger partial charge in [0.1, 0.15) is 22.8 Å². The van der Waals surface area contributed by atoms with E-state index in [2.05, 4.69) is 0 Å². The Morgan fingerprint density at radius 2 is 1.58 bits per heavy atom. The van der Waals surface area contributed by atoms with Crippen molar-refractivity contribution in [3.63, 3.8) is 0 Å². The second-order valence-electron chi connectivity index (χ2n) is 9.57. The molecule has 0 bridgehead atoms. The first-order valence-corrected chi connectivity index (χ1v) is 11.1. The van der Waals surface area contributed by atoms with Crippen LogP contribution in [0.25, 0.3) is 5.76 Å². The van der Waals surface area contributed by atoms with Gasteiger partial charge in [0.15, 0.2) is 11.4 Å². The van der Waals surface area contributed by atoms with Gasteiger partial charge in [0.05, 0.1) is 17.2 Å². The number of carboxylic acid groups (broad SMARTS) is 2. The maximum absolute atomic E-state index is 13.7. The number of aromatic hydroxyl groups is 1. The number of likely N-dealkylation sites (N-methyl/N-ethyl adjacent to an activating group) is 1. The smallest absolute Gasteiger partial charge is 0.414 e. The fourth-order valence-corrected chi connectivity index (χ4v) is 5.50. The summed E-state index contributed by atoms with van der Waals surface area (Å²) < 4.78 is 0. The van der Waals surface area contributed by atoms with Gasteiger partial charge in [-0.1, -0.05) is 12.1 Å². The second-order valence-corrected chi connectivity index (χ2v) is 9.57. The lowest BCUT2D eigenvalue weighted by atomic mass is 9.54. The minimum atomic E-state index is -2.75. The number of carboxylic acids is 2. The number of hydrogen-bond donors (Lipinski definition) is 8. The van der Waals surface area contributed by atoms with E-state index in [-0.39, 0.29) is 17.5 Å². The Morgan fingerprint density at radius 3 is 2.05 bits per heavy atom. The molecule has 5 atom stereocenters. The normalized spacial score (nSPS) is 30.1. The Bertz CT molecular complexity index is 1330. The first-order chi connectivity index (χ1) is 17.4. The molecule has 1 saturated carbocycles. The summed E-state index contributed by atoms with van der Waals surface area (Å²) >= 11 is 0. The van der Waals surface area contributed by atoms with E-state index >= 15 is 0 Å². The lowest BCUT2D eigenvalue weighted by Gasteiger charge is -2.53. The molecule has 38 heavy (non-hydrogen) atoms. The minimum Gasteiger partial charge on any atom is -0.508 e. The first-order valence-electron chi connectivity index (χ1n) is 11.1. The van der Waals surface area contributed by atoms with E-state index in [4.69, 9.17) is 25.5 Å². The van der Waals surface area contributed by atoms with Gasteiger partial charge in [-0.25, -0.2) is 9.59 Å². The molecule has 0 heterocycles. The van der Waals surface area contributed by atoms with Gasteiger partial charge in [-0.05, 0) is 39.1 Å². The molecule has 0 spiro atoms. The van der Waals surface area contributed by atoms with Crippen LogP contribution in [0.4, 0.5) is 0 Å². The first kappa shape index (κ1) is 28.3. The zero-order valence-corrected chi connectivity index (χ0v) is 20.4. The van der Waals surface area contributed by atoms with Crippen molar-refractivity contribution in [2.75, 3.05) is 14.1 Å². The molecule has 0 aromatic heterocycles. The van der Waals surface area contributed by atoms with Crippen molar-refractivity contribution in [1.29, 1.82) is 0 Å². The van der Waals surface area contributed by atoms with Crippen molar-refractivity contribution in [1.82, 2.24) is 4.90 Å². The molecule has 9 N–H and O–H groups in total. The topological polar surface area (TPSA) is 256 Å². The third kappa shape index (κ3) is 3.89. The van der Waals surface area contributed by atoms with E-state index in [1.54, 1.807) is 0 Å². The Morgan fingerprint density at radius 1 is 1.03 bits per heavy atom. The number of benzene rings is 1. The van der Waals surface area contributed by atoms with E-state index in [1.165, 1.54) is 44.1 Å². The molecule has 0 aliphatic heterocycles. The standard InChI is InChI=1S/C22H24N2O8.C2H2O4/c1-21(31)8-5-4-6-11(25)12(8)16(26)13-9(21)7-10-15(24(2)3)17(27)14(20(23)30)19(29)22(10,32)18(13)28;3-1(4)2(5)6/h4-6,9-10,15,25-26,29,31-32H,7H2,1-3H3,(H2,23,30);(H,3,4)(H,5,6)/t9-,10-,15-,21+,22-;/m0./s1. The van der Waals surface area contributed by atoms with Gasteiger partial charge in [-0.3, -0.25) is 19.3 Å². The molecule has 0 radical (unpaired) electrons. The van der Waals surface area contributed by atoms with Crippen molar-refractivity contribution >= 4 is 35.2 Å². The van der Waals surface area contributed by atoms with Crippen LogP contribution >= 0.6 is 0 Å². The predicted molar refractivity (Wildman–Crippen MR) is 125 cm³/mol. The number of rotatable bonds is 2. The summed E-state index contributed by atoms with van der Waals surface area (Å²) in [5.74, 6) is -11.5. The van der Waals surface area contributed by atoms with Crippen LogP contribution in [0.5, 0.6) is 5.75 Å². The van der Waals surface area contributed by atoms with Crippen molar-refractivity contribution in [2.24, 2.45) is 17.6 Å². The number of nitrogens with zero attached hydrogens (tertiary/aromatic N) is 1. The number of aliphatic carboxylic acids is 2. The van der Waals surface area contributed by atoms with Crippen LogP contribution in [-0.4, -0.2) is 95.8 Å². The average molecular weight is 534 g/mol. The molecule has 0 unspecified atom stereocenters. The number of primary amides is 1. The van der Waals surface area contributed by atoms with E-state index in [0.717, 1.165) is 0 Å². The zero-order valence-electron chi connectivity index (χ0n) is 20.4. The monoisotopic (exact) mass is 534 g/mol. The maximum Gasteiger partial charge on any atom is 0.414 e. The fourth-order valence-electron chi connectivity index (χ4n) is 5.50. The lowest BCUT2D eigenvalue weighted by Crippen LogP contribution is -2.67. The maximum atomic E-state index is 13.7. The summed E-state index contributed by atoms with van der Waals surface area (Å²) in [7, 11) is 3.01. The molecule has 1 aromatic carbocycles. The molecule has 1 aromatic rings. The van der Waals surface area contributed by atoms with Crippen molar-refractivity contribution < 1.29 is 59.7 Å². The molecule has 0 saturated heterocycles. The molecule has 14 heteroatoms. The van der Waals surface area contributed by atoms with E-state index in [0.29, 0.717) is 0 Å². The van der Waals surface area contributed by atoms with Crippen LogP contribution < -0.4 is 5.73 Å². The number of phenolic OH excluding ortho intramolecular Hbond substituents is 1. The number of aliphatic hydroxyl groups is 4. The highest BCUT2D eigenvalue weighted by Gasteiger charge is 2.66. The molecule has 4 rings (SSSR count). The highest BCUT2D eigenvalue weighted by atomic mass is 16.4. The van der Waals surface area contributed by atoms with Crippen molar-refractivity contribution in [3.05, 3.63) is 46.2 Å². The fraction of sp³-hybridized carbons (Fsp3) is 0.375. The molecular formula is C24H26N2O12. The number of fused-ring (bicyclic) bond motifs is 3.